The minimum absolute atomic E-state index is 0.0407. The van der Waals surface area contributed by atoms with Crippen molar-refractivity contribution in [2.24, 2.45) is 0 Å². The van der Waals surface area contributed by atoms with Crippen LogP contribution in [0.15, 0.2) is 72.8 Å². The molecular formula is C30H33N3O3. The molecule has 1 saturated heterocycles. The Kier molecular flexibility index (Phi) is 7.21. The van der Waals surface area contributed by atoms with Crippen LogP contribution in [0.3, 0.4) is 0 Å². The van der Waals surface area contributed by atoms with Gasteiger partial charge in [-0.15, -0.1) is 0 Å². The Hall–Kier alpha value is -3.80. The molecule has 4 aromatic rings. The van der Waals surface area contributed by atoms with Crippen LogP contribution in [0.4, 0.5) is 5.69 Å². The normalized spacial score (nSPS) is 15.6. The number of hydrogen-bond donors (Lipinski definition) is 0. The number of aromatic nitrogens is 2. The van der Waals surface area contributed by atoms with Crippen LogP contribution in [0.5, 0.6) is 11.5 Å². The second-order valence-corrected chi connectivity index (χ2v) is 9.14. The molecule has 3 aromatic carbocycles. The van der Waals surface area contributed by atoms with Gasteiger partial charge in [-0.2, -0.15) is 0 Å². The first-order valence-corrected chi connectivity index (χ1v) is 12.9. The highest BCUT2D eigenvalue weighted by Gasteiger charge is 2.34. The fourth-order valence-electron chi connectivity index (χ4n) is 4.89. The number of ether oxygens (including phenoxy) is 2. The van der Waals surface area contributed by atoms with E-state index in [1.165, 1.54) is 5.56 Å². The van der Waals surface area contributed by atoms with Gasteiger partial charge >= 0.3 is 0 Å². The summed E-state index contributed by atoms with van der Waals surface area (Å²) >= 11 is 0. The zero-order chi connectivity index (χ0) is 24.9. The number of aryl methyl sites for hydroxylation is 2. The Morgan fingerprint density at radius 2 is 1.64 bits per heavy atom. The molecule has 0 radical (unpaired) electrons. The molecule has 5 rings (SSSR count). The Morgan fingerprint density at radius 1 is 0.917 bits per heavy atom. The topological polar surface area (TPSA) is 56.6 Å². The lowest BCUT2D eigenvalue weighted by atomic mass is 10.1. The average Bonchev–Trinajstić information content (AvgIpc) is 3.48. The standard InChI is InChI=1S/C30H33N3O3/c1-3-22-10-14-26(15-11-22)36-19-7-18-32-28-9-6-5-8-27(28)31-30(32)23-20-29(34)33(21-23)24-12-16-25(17-13-24)35-4-2/h5-6,8-17,23H,3-4,7,18-21H2,1-2H3. The number of carbonyl (C=O) groups excluding carboxylic acids is 1. The number of anilines is 1. The van der Waals surface area contributed by atoms with Crippen molar-refractivity contribution in [1.82, 2.24) is 9.55 Å². The number of imidazole rings is 1. The molecular weight excluding hydrogens is 450 g/mol. The molecule has 186 valence electrons. The lowest BCUT2D eigenvalue weighted by Crippen LogP contribution is -2.24. The molecule has 0 saturated carbocycles. The zero-order valence-corrected chi connectivity index (χ0v) is 21.0. The smallest absolute Gasteiger partial charge is 0.227 e. The molecule has 36 heavy (non-hydrogen) atoms. The number of rotatable bonds is 10. The van der Waals surface area contributed by atoms with Crippen molar-refractivity contribution < 1.29 is 14.3 Å². The molecule has 1 atom stereocenters. The van der Waals surface area contributed by atoms with Crippen molar-refractivity contribution in [3.63, 3.8) is 0 Å². The summed E-state index contributed by atoms with van der Waals surface area (Å²) in [4.78, 5) is 19.8. The summed E-state index contributed by atoms with van der Waals surface area (Å²) in [7, 11) is 0. The molecule has 6 nitrogen and oxygen atoms in total. The van der Waals surface area contributed by atoms with E-state index in [0.717, 1.165) is 53.4 Å². The summed E-state index contributed by atoms with van der Waals surface area (Å²) in [5.41, 5.74) is 4.28. The Morgan fingerprint density at radius 3 is 2.39 bits per heavy atom. The number of para-hydroxylation sites is 2. The van der Waals surface area contributed by atoms with Crippen molar-refractivity contribution in [1.29, 1.82) is 0 Å². The lowest BCUT2D eigenvalue weighted by molar-refractivity contribution is -0.117. The highest BCUT2D eigenvalue weighted by Crippen LogP contribution is 2.34. The quantitative estimate of drug-likeness (QED) is 0.260. The van der Waals surface area contributed by atoms with E-state index in [1.807, 2.05) is 66.4 Å². The van der Waals surface area contributed by atoms with Gasteiger partial charge in [0.25, 0.3) is 0 Å². The summed E-state index contributed by atoms with van der Waals surface area (Å²) in [6, 6.07) is 24.3. The summed E-state index contributed by atoms with van der Waals surface area (Å²) in [6.45, 7) is 6.77. The van der Waals surface area contributed by atoms with Crippen LogP contribution in [0.1, 0.15) is 44.0 Å². The maximum atomic E-state index is 13.0. The average molecular weight is 484 g/mol. The van der Waals surface area contributed by atoms with Crippen LogP contribution in [0, 0.1) is 0 Å². The summed E-state index contributed by atoms with van der Waals surface area (Å²) in [5, 5.41) is 0. The van der Waals surface area contributed by atoms with Crippen LogP contribution in [-0.2, 0) is 17.8 Å². The van der Waals surface area contributed by atoms with Crippen molar-refractivity contribution in [2.75, 3.05) is 24.7 Å². The number of benzene rings is 3. The third kappa shape index (κ3) is 5.08. The van der Waals surface area contributed by atoms with Gasteiger partial charge in [-0.1, -0.05) is 31.2 Å². The van der Waals surface area contributed by atoms with Crippen LogP contribution in [-0.4, -0.2) is 35.2 Å². The van der Waals surface area contributed by atoms with Gasteiger partial charge in [0.2, 0.25) is 5.91 Å². The van der Waals surface area contributed by atoms with Crippen molar-refractivity contribution in [3.05, 3.63) is 84.2 Å². The van der Waals surface area contributed by atoms with E-state index >= 15 is 0 Å². The number of fused-ring (bicyclic) bond motifs is 1. The number of hydrogen-bond acceptors (Lipinski definition) is 4. The number of nitrogens with zero attached hydrogens (tertiary/aromatic N) is 3. The van der Waals surface area contributed by atoms with E-state index in [9.17, 15) is 4.79 Å². The first-order valence-electron chi connectivity index (χ1n) is 12.9. The Labute approximate surface area is 212 Å². The van der Waals surface area contributed by atoms with Gasteiger partial charge in [0, 0.05) is 31.1 Å². The third-order valence-electron chi connectivity index (χ3n) is 6.76. The van der Waals surface area contributed by atoms with Gasteiger partial charge < -0.3 is 18.9 Å². The fourth-order valence-corrected chi connectivity index (χ4v) is 4.89. The van der Waals surface area contributed by atoms with Crippen LogP contribution < -0.4 is 14.4 Å². The first kappa shape index (κ1) is 23.9. The molecule has 2 heterocycles. The lowest BCUT2D eigenvalue weighted by Gasteiger charge is -2.18. The van der Waals surface area contributed by atoms with Gasteiger partial charge in [-0.3, -0.25) is 4.79 Å². The summed E-state index contributed by atoms with van der Waals surface area (Å²) in [6.07, 6.45) is 2.33. The van der Waals surface area contributed by atoms with Crippen molar-refractivity contribution >= 4 is 22.6 Å². The second-order valence-electron chi connectivity index (χ2n) is 9.14. The van der Waals surface area contributed by atoms with E-state index in [1.54, 1.807) is 0 Å². The van der Waals surface area contributed by atoms with Crippen LogP contribution in [0.25, 0.3) is 11.0 Å². The first-order chi connectivity index (χ1) is 17.7. The minimum Gasteiger partial charge on any atom is -0.494 e. The maximum Gasteiger partial charge on any atom is 0.227 e. The highest BCUT2D eigenvalue weighted by atomic mass is 16.5. The largest absolute Gasteiger partial charge is 0.494 e. The summed E-state index contributed by atoms with van der Waals surface area (Å²) < 4.78 is 13.8. The van der Waals surface area contributed by atoms with Gasteiger partial charge in [0.1, 0.15) is 17.3 Å². The molecule has 1 amide bonds. The van der Waals surface area contributed by atoms with E-state index in [4.69, 9.17) is 14.5 Å². The maximum absolute atomic E-state index is 13.0. The summed E-state index contributed by atoms with van der Waals surface area (Å²) in [5.74, 6) is 2.86. The van der Waals surface area contributed by atoms with Crippen molar-refractivity contribution in [2.45, 2.75) is 45.6 Å². The molecule has 6 heteroatoms. The fraction of sp³-hybridized carbons (Fsp3) is 0.333. The molecule has 1 fully saturated rings. The Bertz CT molecular complexity index is 1310. The molecule has 1 aliphatic heterocycles. The molecule has 0 N–H and O–H groups in total. The van der Waals surface area contributed by atoms with Gasteiger partial charge in [-0.25, -0.2) is 4.98 Å². The molecule has 1 aromatic heterocycles. The number of amides is 1. The van der Waals surface area contributed by atoms with E-state index in [0.29, 0.717) is 26.2 Å². The van der Waals surface area contributed by atoms with E-state index < -0.39 is 0 Å². The molecule has 0 spiro atoms. The molecule has 1 aliphatic rings. The highest BCUT2D eigenvalue weighted by molar-refractivity contribution is 5.96. The van der Waals surface area contributed by atoms with Crippen LogP contribution >= 0.6 is 0 Å². The van der Waals surface area contributed by atoms with Gasteiger partial charge in [-0.05, 0) is 73.9 Å². The van der Waals surface area contributed by atoms with Gasteiger partial charge in [0.05, 0.1) is 24.2 Å². The molecule has 1 unspecified atom stereocenters. The number of carbonyl (C=O) groups is 1. The Balaban J connectivity index is 1.30. The zero-order valence-electron chi connectivity index (χ0n) is 21.0. The van der Waals surface area contributed by atoms with Crippen molar-refractivity contribution in [3.8, 4) is 11.5 Å². The predicted octanol–water partition coefficient (Wildman–Crippen LogP) is 5.99. The predicted molar refractivity (Wildman–Crippen MR) is 143 cm³/mol. The minimum atomic E-state index is 0.0407. The van der Waals surface area contributed by atoms with Crippen LogP contribution in [0.2, 0.25) is 0 Å². The van der Waals surface area contributed by atoms with E-state index in [-0.39, 0.29) is 11.8 Å². The van der Waals surface area contributed by atoms with Gasteiger partial charge in [0.15, 0.2) is 0 Å². The molecule has 0 bridgehead atoms. The third-order valence-corrected chi connectivity index (χ3v) is 6.76. The molecule has 0 aliphatic carbocycles. The van der Waals surface area contributed by atoms with E-state index in [2.05, 4.69) is 29.7 Å². The monoisotopic (exact) mass is 483 g/mol. The second kappa shape index (κ2) is 10.9. The SMILES string of the molecule is CCOc1ccc(N2CC(c3nc4ccccc4n3CCCOc3ccc(CC)cc3)CC2=O)cc1.